The predicted octanol–water partition coefficient (Wildman–Crippen LogP) is 2.92. The monoisotopic (exact) mass is 331 g/mol. The van der Waals surface area contributed by atoms with Crippen molar-refractivity contribution in [3.8, 4) is 5.75 Å². The minimum Gasteiger partial charge on any atom is -0.490 e. The predicted molar refractivity (Wildman–Crippen MR) is 76.7 cm³/mol. The summed E-state index contributed by atoms with van der Waals surface area (Å²) in [7, 11) is 0. The zero-order chi connectivity index (χ0) is 14.3. The van der Waals surface area contributed by atoms with Gasteiger partial charge >= 0.3 is 5.97 Å². The highest BCUT2D eigenvalue weighted by molar-refractivity contribution is 9.10. The minimum absolute atomic E-state index is 0.0325. The number of nitrogen functional groups attached to an aromatic ring is 1. The first-order valence-electron chi connectivity index (χ1n) is 6.09. The fourth-order valence-electron chi connectivity index (χ4n) is 1.42. The highest BCUT2D eigenvalue weighted by atomic mass is 79.9. The van der Waals surface area contributed by atoms with Crippen LogP contribution in [-0.4, -0.2) is 30.9 Å². The molecule has 0 radical (unpaired) electrons. The van der Waals surface area contributed by atoms with E-state index in [-0.39, 0.29) is 11.3 Å². The molecule has 0 fully saturated rings. The molecule has 1 aromatic carbocycles. The Kier molecular flexibility index (Phi) is 6.66. The summed E-state index contributed by atoms with van der Waals surface area (Å²) >= 11 is 3.29. The highest BCUT2D eigenvalue weighted by Crippen LogP contribution is 2.30. The molecule has 6 heteroatoms. The number of unbranched alkanes of at least 4 members (excludes halogenated alkanes) is 1. The molecule has 0 atom stereocenters. The van der Waals surface area contributed by atoms with Crippen LogP contribution in [0.15, 0.2) is 16.6 Å². The summed E-state index contributed by atoms with van der Waals surface area (Å²) in [5.74, 6) is -0.625. The van der Waals surface area contributed by atoms with Crippen LogP contribution in [0.2, 0.25) is 0 Å². The van der Waals surface area contributed by atoms with Gasteiger partial charge in [-0.2, -0.15) is 0 Å². The average molecular weight is 332 g/mol. The quantitative estimate of drug-likeness (QED) is 0.565. The molecule has 0 aliphatic carbocycles. The lowest BCUT2D eigenvalue weighted by molar-refractivity contribution is 0.0697. The van der Waals surface area contributed by atoms with Crippen molar-refractivity contribution >= 4 is 27.6 Å². The van der Waals surface area contributed by atoms with Crippen molar-refractivity contribution in [2.45, 2.75) is 19.8 Å². The van der Waals surface area contributed by atoms with Gasteiger partial charge in [0.1, 0.15) is 12.4 Å². The van der Waals surface area contributed by atoms with Crippen LogP contribution in [-0.2, 0) is 4.74 Å². The van der Waals surface area contributed by atoms with E-state index in [1.54, 1.807) is 0 Å². The lowest BCUT2D eigenvalue weighted by atomic mass is 10.2. The lowest BCUT2D eigenvalue weighted by Crippen LogP contribution is -2.09. The van der Waals surface area contributed by atoms with Crippen LogP contribution in [0.1, 0.15) is 30.1 Å². The minimum atomic E-state index is -1.07. The van der Waals surface area contributed by atoms with Crippen molar-refractivity contribution in [1.82, 2.24) is 0 Å². The van der Waals surface area contributed by atoms with E-state index in [1.807, 2.05) is 0 Å². The van der Waals surface area contributed by atoms with Crippen LogP contribution in [0.5, 0.6) is 5.75 Å². The van der Waals surface area contributed by atoms with Crippen molar-refractivity contribution in [2.75, 3.05) is 25.6 Å². The molecule has 0 aromatic heterocycles. The number of carboxylic acid groups (broad SMARTS) is 1. The zero-order valence-electron chi connectivity index (χ0n) is 10.8. The van der Waals surface area contributed by atoms with Gasteiger partial charge in [0, 0.05) is 12.3 Å². The van der Waals surface area contributed by atoms with Crippen LogP contribution in [0.3, 0.4) is 0 Å². The summed E-state index contributed by atoms with van der Waals surface area (Å²) < 4.78 is 11.5. The molecule has 0 spiro atoms. The first kappa shape index (κ1) is 15.8. The standard InChI is InChI=1S/C13H18BrNO4/c1-2-3-4-18-5-6-19-12-7-9(13(16)17)11(15)8-10(12)14/h7-8H,2-6,15H2,1H3,(H,16,17). The molecule has 0 heterocycles. The van der Waals surface area contributed by atoms with Gasteiger partial charge in [0.25, 0.3) is 0 Å². The molecule has 0 amide bonds. The molecule has 1 aromatic rings. The zero-order valence-corrected chi connectivity index (χ0v) is 12.4. The normalized spacial score (nSPS) is 10.4. The summed E-state index contributed by atoms with van der Waals surface area (Å²) in [5.41, 5.74) is 5.84. The van der Waals surface area contributed by atoms with Crippen molar-refractivity contribution < 1.29 is 19.4 Å². The molecule has 0 unspecified atom stereocenters. The van der Waals surface area contributed by atoms with Crippen molar-refractivity contribution in [2.24, 2.45) is 0 Å². The van der Waals surface area contributed by atoms with Crippen LogP contribution >= 0.6 is 15.9 Å². The molecule has 0 aliphatic heterocycles. The first-order valence-corrected chi connectivity index (χ1v) is 6.88. The molecule has 0 bridgehead atoms. The number of rotatable bonds is 8. The average Bonchev–Trinajstić information content (AvgIpc) is 2.35. The number of benzene rings is 1. The molecule has 0 aliphatic rings. The molecular formula is C13H18BrNO4. The lowest BCUT2D eigenvalue weighted by Gasteiger charge is -2.11. The Labute approximate surface area is 120 Å². The largest absolute Gasteiger partial charge is 0.490 e. The Balaban J connectivity index is 2.53. The van der Waals surface area contributed by atoms with E-state index >= 15 is 0 Å². The van der Waals surface area contributed by atoms with Gasteiger partial charge in [-0.1, -0.05) is 13.3 Å². The third-order valence-electron chi connectivity index (χ3n) is 2.46. The van der Waals surface area contributed by atoms with Gasteiger partial charge in [0.05, 0.1) is 16.6 Å². The van der Waals surface area contributed by atoms with Crippen molar-refractivity contribution in [3.63, 3.8) is 0 Å². The number of anilines is 1. The maximum Gasteiger partial charge on any atom is 0.337 e. The van der Waals surface area contributed by atoms with Gasteiger partial charge in [-0.25, -0.2) is 4.79 Å². The molecule has 3 N–H and O–H groups in total. The topological polar surface area (TPSA) is 81.8 Å². The summed E-state index contributed by atoms with van der Waals surface area (Å²) in [4.78, 5) is 11.0. The number of hydrogen-bond donors (Lipinski definition) is 2. The van der Waals surface area contributed by atoms with Crippen LogP contribution in [0, 0.1) is 0 Å². The molecule has 106 valence electrons. The second-order valence-electron chi connectivity index (χ2n) is 3.99. The second-order valence-corrected chi connectivity index (χ2v) is 4.84. The number of hydrogen-bond acceptors (Lipinski definition) is 4. The number of carbonyl (C=O) groups is 1. The summed E-state index contributed by atoms with van der Waals surface area (Å²) in [6.45, 7) is 3.65. The third-order valence-corrected chi connectivity index (χ3v) is 3.08. The fraction of sp³-hybridized carbons (Fsp3) is 0.462. The Morgan fingerprint density at radius 2 is 2.11 bits per heavy atom. The van der Waals surface area contributed by atoms with Gasteiger partial charge in [-0.15, -0.1) is 0 Å². The second kappa shape index (κ2) is 8.01. The van der Waals surface area contributed by atoms with E-state index in [9.17, 15) is 4.79 Å². The van der Waals surface area contributed by atoms with E-state index in [1.165, 1.54) is 12.1 Å². The van der Waals surface area contributed by atoms with Crippen LogP contribution in [0.4, 0.5) is 5.69 Å². The Morgan fingerprint density at radius 3 is 2.74 bits per heavy atom. The van der Waals surface area contributed by atoms with Gasteiger partial charge in [-0.3, -0.25) is 0 Å². The van der Waals surface area contributed by atoms with Crippen LogP contribution < -0.4 is 10.5 Å². The smallest absolute Gasteiger partial charge is 0.337 e. The summed E-state index contributed by atoms with van der Waals surface area (Å²) in [5, 5.41) is 8.97. The Bertz CT molecular complexity index is 437. The molecule has 0 saturated carbocycles. The number of aromatic carboxylic acids is 1. The number of ether oxygens (including phenoxy) is 2. The maximum absolute atomic E-state index is 11.0. The van der Waals surface area contributed by atoms with Crippen LogP contribution in [0.25, 0.3) is 0 Å². The summed E-state index contributed by atoms with van der Waals surface area (Å²) in [6, 6.07) is 2.94. The molecular weight excluding hydrogens is 314 g/mol. The highest BCUT2D eigenvalue weighted by Gasteiger charge is 2.12. The number of carboxylic acids is 1. The van der Waals surface area contributed by atoms with E-state index in [0.717, 1.165) is 12.8 Å². The van der Waals surface area contributed by atoms with Gasteiger partial charge < -0.3 is 20.3 Å². The first-order chi connectivity index (χ1) is 9.06. The summed E-state index contributed by atoms with van der Waals surface area (Å²) in [6.07, 6.45) is 2.11. The Hall–Kier alpha value is -1.27. The Morgan fingerprint density at radius 1 is 1.37 bits per heavy atom. The fourth-order valence-corrected chi connectivity index (χ4v) is 1.90. The third kappa shape index (κ3) is 5.08. The van der Waals surface area contributed by atoms with E-state index < -0.39 is 5.97 Å². The molecule has 5 nitrogen and oxygen atoms in total. The van der Waals surface area contributed by atoms with Crippen molar-refractivity contribution in [3.05, 3.63) is 22.2 Å². The number of nitrogens with two attached hydrogens (primary N) is 1. The van der Waals surface area contributed by atoms with E-state index in [0.29, 0.717) is 30.0 Å². The van der Waals surface area contributed by atoms with Gasteiger partial charge in [-0.05, 0) is 34.5 Å². The SMILES string of the molecule is CCCCOCCOc1cc(C(=O)O)c(N)cc1Br. The maximum atomic E-state index is 11.0. The molecule has 0 saturated heterocycles. The van der Waals surface area contributed by atoms with Crippen molar-refractivity contribution in [1.29, 1.82) is 0 Å². The molecule has 19 heavy (non-hydrogen) atoms. The van der Waals surface area contributed by atoms with E-state index in [2.05, 4.69) is 22.9 Å². The van der Waals surface area contributed by atoms with Gasteiger partial charge in [0.2, 0.25) is 0 Å². The molecule has 1 rings (SSSR count). The van der Waals surface area contributed by atoms with E-state index in [4.69, 9.17) is 20.3 Å². The number of halogens is 1. The van der Waals surface area contributed by atoms with Gasteiger partial charge in [0.15, 0.2) is 0 Å².